The SMILES string of the molecule is CC(=O)c1cc(Br)ccc1S(=O)(=O)NC(C)(C)C. The first-order valence-corrected chi connectivity index (χ1v) is 7.65. The molecule has 0 heterocycles. The van der Waals surface area contributed by atoms with Gasteiger partial charge in [-0.05, 0) is 45.9 Å². The van der Waals surface area contributed by atoms with E-state index in [2.05, 4.69) is 20.7 Å². The molecule has 0 spiro atoms. The van der Waals surface area contributed by atoms with Gasteiger partial charge in [0.15, 0.2) is 5.78 Å². The molecule has 0 radical (unpaired) electrons. The van der Waals surface area contributed by atoms with Crippen LogP contribution in [0.25, 0.3) is 0 Å². The molecule has 1 N–H and O–H groups in total. The Bertz CT molecular complexity index is 573. The molecule has 0 amide bonds. The summed E-state index contributed by atoms with van der Waals surface area (Å²) in [6.07, 6.45) is 0. The molecule has 0 aliphatic carbocycles. The monoisotopic (exact) mass is 333 g/mol. The van der Waals surface area contributed by atoms with E-state index in [1.54, 1.807) is 26.8 Å². The maximum atomic E-state index is 12.2. The number of halogens is 1. The minimum Gasteiger partial charge on any atom is -0.294 e. The standard InChI is InChI=1S/C12H16BrNO3S/c1-8(15)10-7-9(13)5-6-11(10)18(16,17)14-12(2,3)4/h5-7,14H,1-4H3. The molecular formula is C12H16BrNO3S. The lowest BCUT2D eigenvalue weighted by atomic mass is 10.1. The van der Waals surface area contributed by atoms with Crippen molar-refractivity contribution in [1.82, 2.24) is 4.72 Å². The van der Waals surface area contributed by atoms with Crippen molar-refractivity contribution in [2.45, 2.75) is 38.1 Å². The maximum Gasteiger partial charge on any atom is 0.241 e. The van der Waals surface area contributed by atoms with Crippen LogP contribution in [0.3, 0.4) is 0 Å². The zero-order chi connectivity index (χ0) is 14.1. The summed E-state index contributed by atoms with van der Waals surface area (Å²) < 4.78 is 27.6. The lowest BCUT2D eigenvalue weighted by Crippen LogP contribution is -2.40. The fraction of sp³-hybridized carbons (Fsp3) is 0.417. The highest BCUT2D eigenvalue weighted by molar-refractivity contribution is 9.10. The van der Waals surface area contributed by atoms with Crippen LogP contribution >= 0.6 is 15.9 Å². The van der Waals surface area contributed by atoms with Gasteiger partial charge in [-0.2, -0.15) is 0 Å². The Morgan fingerprint density at radius 2 is 1.83 bits per heavy atom. The van der Waals surface area contributed by atoms with E-state index in [0.29, 0.717) is 4.47 Å². The van der Waals surface area contributed by atoms with E-state index >= 15 is 0 Å². The van der Waals surface area contributed by atoms with E-state index in [4.69, 9.17) is 0 Å². The van der Waals surface area contributed by atoms with Crippen LogP contribution in [0.15, 0.2) is 27.6 Å². The van der Waals surface area contributed by atoms with E-state index in [1.807, 2.05) is 0 Å². The highest BCUT2D eigenvalue weighted by Gasteiger charge is 2.25. The molecule has 0 aromatic heterocycles. The Morgan fingerprint density at radius 1 is 1.28 bits per heavy atom. The van der Waals surface area contributed by atoms with Crippen molar-refractivity contribution >= 4 is 31.7 Å². The lowest BCUT2D eigenvalue weighted by molar-refractivity contribution is 0.101. The summed E-state index contributed by atoms with van der Waals surface area (Å²) in [4.78, 5) is 11.5. The van der Waals surface area contributed by atoms with Crippen molar-refractivity contribution in [2.24, 2.45) is 0 Å². The zero-order valence-electron chi connectivity index (χ0n) is 10.7. The van der Waals surface area contributed by atoms with Gasteiger partial charge in [0.05, 0.1) is 4.90 Å². The van der Waals surface area contributed by atoms with Crippen molar-refractivity contribution in [3.63, 3.8) is 0 Å². The molecular weight excluding hydrogens is 318 g/mol. The fourth-order valence-electron chi connectivity index (χ4n) is 1.47. The summed E-state index contributed by atoms with van der Waals surface area (Å²) in [6.45, 7) is 6.59. The number of ketones is 1. The minimum atomic E-state index is -3.70. The summed E-state index contributed by atoms with van der Waals surface area (Å²) in [5.74, 6) is -0.286. The largest absolute Gasteiger partial charge is 0.294 e. The van der Waals surface area contributed by atoms with Gasteiger partial charge in [0.1, 0.15) is 0 Å². The quantitative estimate of drug-likeness (QED) is 0.865. The molecule has 100 valence electrons. The van der Waals surface area contributed by atoms with Crippen LogP contribution < -0.4 is 4.72 Å². The highest BCUT2D eigenvalue weighted by Crippen LogP contribution is 2.22. The van der Waals surface area contributed by atoms with Gasteiger partial charge in [0.2, 0.25) is 10.0 Å². The number of sulfonamides is 1. The molecule has 1 aromatic carbocycles. The summed E-state index contributed by atoms with van der Waals surface area (Å²) in [6, 6.07) is 4.54. The molecule has 18 heavy (non-hydrogen) atoms. The van der Waals surface area contributed by atoms with Gasteiger partial charge >= 0.3 is 0 Å². The molecule has 0 unspecified atom stereocenters. The first-order valence-electron chi connectivity index (χ1n) is 5.37. The van der Waals surface area contributed by atoms with Crippen LogP contribution in [-0.4, -0.2) is 19.7 Å². The Balaban J connectivity index is 3.37. The Morgan fingerprint density at radius 3 is 2.28 bits per heavy atom. The fourth-order valence-corrected chi connectivity index (χ4v) is 3.49. The van der Waals surface area contributed by atoms with Crippen molar-refractivity contribution < 1.29 is 13.2 Å². The Hall–Kier alpha value is -0.720. The molecule has 0 atom stereocenters. The van der Waals surface area contributed by atoms with Crippen molar-refractivity contribution in [3.05, 3.63) is 28.2 Å². The van der Waals surface area contributed by atoms with E-state index in [0.717, 1.165) is 0 Å². The molecule has 0 bridgehead atoms. The van der Waals surface area contributed by atoms with Crippen LogP contribution in [0.5, 0.6) is 0 Å². The molecule has 6 heteroatoms. The van der Waals surface area contributed by atoms with Crippen molar-refractivity contribution in [1.29, 1.82) is 0 Å². The van der Waals surface area contributed by atoms with Gasteiger partial charge in [-0.25, -0.2) is 13.1 Å². The Kier molecular flexibility index (Phi) is 4.35. The van der Waals surface area contributed by atoms with Gasteiger partial charge in [0, 0.05) is 15.6 Å². The molecule has 0 aliphatic rings. The first kappa shape index (κ1) is 15.3. The molecule has 0 fully saturated rings. The van der Waals surface area contributed by atoms with Crippen LogP contribution in [0, 0.1) is 0 Å². The lowest BCUT2D eigenvalue weighted by Gasteiger charge is -2.21. The topological polar surface area (TPSA) is 63.2 Å². The van der Waals surface area contributed by atoms with E-state index in [1.165, 1.54) is 19.1 Å². The molecule has 1 rings (SSSR count). The summed E-state index contributed by atoms with van der Waals surface area (Å²) in [5.41, 5.74) is -0.416. The third-order valence-corrected chi connectivity index (χ3v) is 4.36. The predicted molar refractivity (Wildman–Crippen MR) is 74.2 cm³/mol. The first-order chi connectivity index (χ1) is 8.03. The predicted octanol–water partition coefficient (Wildman–Crippen LogP) is 2.73. The molecule has 0 saturated carbocycles. The summed E-state index contributed by atoms with van der Waals surface area (Å²) in [5, 5.41) is 0. The number of hydrogen-bond donors (Lipinski definition) is 1. The number of rotatable bonds is 3. The molecule has 0 aliphatic heterocycles. The average molecular weight is 334 g/mol. The van der Waals surface area contributed by atoms with Crippen LogP contribution in [0.4, 0.5) is 0 Å². The smallest absolute Gasteiger partial charge is 0.241 e. The van der Waals surface area contributed by atoms with Gasteiger partial charge in [-0.1, -0.05) is 15.9 Å². The molecule has 0 saturated heterocycles. The average Bonchev–Trinajstić information content (AvgIpc) is 2.12. The van der Waals surface area contributed by atoms with Crippen molar-refractivity contribution in [3.8, 4) is 0 Å². The van der Waals surface area contributed by atoms with Crippen LogP contribution in [0.1, 0.15) is 38.1 Å². The highest BCUT2D eigenvalue weighted by atomic mass is 79.9. The minimum absolute atomic E-state index is 0.00752. The van der Waals surface area contributed by atoms with Crippen LogP contribution in [-0.2, 0) is 10.0 Å². The Labute approximate surface area is 116 Å². The number of carbonyl (C=O) groups is 1. The van der Waals surface area contributed by atoms with Crippen molar-refractivity contribution in [2.75, 3.05) is 0 Å². The maximum absolute atomic E-state index is 12.2. The zero-order valence-corrected chi connectivity index (χ0v) is 13.1. The van der Waals surface area contributed by atoms with Gasteiger partial charge in [-0.15, -0.1) is 0 Å². The van der Waals surface area contributed by atoms with Crippen LogP contribution in [0.2, 0.25) is 0 Å². The molecule has 1 aromatic rings. The number of carbonyl (C=O) groups excluding carboxylic acids is 1. The normalized spacial score (nSPS) is 12.5. The number of nitrogens with one attached hydrogen (secondary N) is 1. The van der Waals surface area contributed by atoms with E-state index < -0.39 is 15.6 Å². The number of benzene rings is 1. The van der Waals surface area contributed by atoms with Gasteiger partial charge in [0.25, 0.3) is 0 Å². The third kappa shape index (κ3) is 3.90. The molecule has 4 nitrogen and oxygen atoms in total. The second-order valence-electron chi connectivity index (χ2n) is 5.05. The summed E-state index contributed by atoms with van der Waals surface area (Å²) >= 11 is 3.23. The van der Waals surface area contributed by atoms with Gasteiger partial charge in [-0.3, -0.25) is 4.79 Å². The van der Waals surface area contributed by atoms with E-state index in [-0.39, 0.29) is 16.2 Å². The second kappa shape index (κ2) is 5.11. The van der Waals surface area contributed by atoms with Gasteiger partial charge < -0.3 is 0 Å². The second-order valence-corrected chi connectivity index (χ2v) is 7.62. The van der Waals surface area contributed by atoms with E-state index in [9.17, 15) is 13.2 Å². The number of Topliss-reactive ketones (excluding diaryl/α,β-unsaturated/α-hetero) is 1. The third-order valence-electron chi connectivity index (χ3n) is 2.05. The number of hydrogen-bond acceptors (Lipinski definition) is 3. The summed E-state index contributed by atoms with van der Waals surface area (Å²) in [7, 11) is -3.70.